The third-order valence-electron chi connectivity index (χ3n) is 1.94. The summed E-state index contributed by atoms with van der Waals surface area (Å²) in [6.45, 7) is 3.53. The molecule has 2 rings (SSSR count). The zero-order valence-electron chi connectivity index (χ0n) is 6.94. The van der Waals surface area contributed by atoms with Crippen molar-refractivity contribution in [2.45, 2.75) is 6.54 Å². The van der Waals surface area contributed by atoms with E-state index in [1.165, 1.54) is 0 Å². The summed E-state index contributed by atoms with van der Waals surface area (Å²) in [4.78, 5) is 6.48. The zero-order chi connectivity index (χ0) is 8.23. The summed E-state index contributed by atoms with van der Waals surface area (Å²) in [6, 6.07) is 5.99. The van der Waals surface area contributed by atoms with Gasteiger partial charge in [-0.1, -0.05) is 6.07 Å². The fraction of sp³-hybridized carbons (Fsp3) is 0.444. The molecule has 0 atom stereocenters. The Morgan fingerprint density at radius 3 is 3.17 bits per heavy atom. The van der Waals surface area contributed by atoms with Gasteiger partial charge in [-0.3, -0.25) is 9.88 Å². The van der Waals surface area contributed by atoms with Crippen LogP contribution in [0.2, 0.25) is 0 Å². The third kappa shape index (κ3) is 1.81. The molecule has 64 valence electrons. The molecular formula is C9H12N2O. The minimum atomic E-state index is 0.747. The molecule has 12 heavy (non-hydrogen) atoms. The van der Waals surface area contributed by atoms with E-state index in [0.29, 0.717) is 0 Å². The second-order valence-electron chi connectivity index (χ2n) is 2.91. The molecule has 1 aromatic heterocycles. The molecule has 3 heteroatoms. The van der Waals surface area contributed by atoms with Crippen LogP contribution in [0.1, 0.15) is 5.69 Å². The van der Waals surface area contributed by atoms with Crippen molar-refractivity contribution in [1.82, 2.24) is 9.88 Å². The van der Waals surface area contributed by atoms with Gasteiger partial charge in [-0.05, 0) is 12.1 Å². The molecule has 0 aromatic carbocycles. The van der Waals surface area contributed by atoms with Crippen molar-refractivity contribution < 1.29 is 4.74 Å². The summed E-state index contributed by atoms with van der Waals surface area (Å²) in [5.41, 5.74) is 1.11. The SMILES string of the molecule is c1ccc(CN2CCOC2)nc1. The maximum absolute atomic E-state index is 5.23. The zero-order valence-corrected chi connectivity index (χ0v) is 6.94. The number of nitrogens with zero attached hydrogens (tertiary/aromatic N) is 2. The van der Waals surface area contributed by atoms with Crippen molar-refractivity contribution >= 4 is 0 Å². The lowest BCUT2D eigenvalue weighted by molar-refractivity contribution is 0.136. The average molecular weight is 164 g/mol. The van der Waals surface area contributed by atoms with E-state index in [0.717, 1.165) is 32.1 Å². The Morgan fingerprint density at radius 1 is 1.50 bits per heavy atom. The molecule has 3 nitrogen and oxygen atoms in total. The van der Waals surface area contributed by atoms with Crippen LogP contribution in [0.15, 0.2) is 24.4 Å². The van der Waals surface area contributed by atoms with E-state index in [1.54, 1.807) is 0 Å². The number of ether oxygens (including phenoxy) is 1. The molecule has 1 aliphatic rings. The fourth-order valence-electron chi connectivity index (χ4n) is 1.30. The predicted octanol–water partition coefficient (Wildman–Crippen LogP) is 0.871. The van der Waals surface area contributed by atoms with Gasteiger partial charge in [0.25, 0.3) is 0 Å². The minimum Gasteiger partial charge on any atom is -0.365 e. The molecule has 0 aliphatic carbocycles. The maximum Gasteiger partial charge on any atom is 0.0995 e. The summed E-state index contributed by atoms with van der Waals surface area (Å²) in [5.74, 6) is 0. The first-order valence-electron chi connectivity index (χ1n) is 4.15. The number of aromatic nitrogens is 1. The Morgan fingerprint density at radius 2 is 2.50 bits per heavy atom. The first-order chi connectivity index (χ1) is 5.95. The van der Waals surface area contributed by atoms with E-state index >= 15 is 0 Å². The first kappa shape index (κ1) is 7.71. The van der Waals surface area contributed by atoms with E-state index in [4.69, 9.17) is 4.74 Å². The van der Waals surface area contributed by atoms with E-state index in [-0.39, 0.29) is 0 Å². The number of pyridine rings is 1. The molecule has 1 saturated heterocycles. The van der Waals surface area contributed by atoms with Crippen LogP contribution < -0.4 is 0 Å². The molecule has 0 amide bonds. The van der Waals surface area contributed by atoms with Crippen molar-refractivity contribution in [3.05, 3.63) is 30.1 Å². The number of rotatable bonds is 2. The lowest BCUT2D eigenvalue weighted by atomic mass is 10.3. The molecule has 2 heterocycles. The molecule has 1 aliphatic heterocycles. The van der Waals surface area contributed by atoms with Crippen molar-refractivity contribution in [3.63, 3.8) is 0 Å². The van der Waals surface area contributed by atoms with Gasteiger partial charge in [-0.2, -0.15) is 0 Å². The highest BCUT2D eigenvalue weighted by Crippen LogP contribution is 2.04. The standard InChI is InChI=1S/C9H12N2O/c1-2-4-10-9(3-1)7-11-5-6-12-8-11/h1-4H,5-8H2. The second-order valence-corrected chi connectivity index (χ2v) is 2.91. The monoisotopic (exact) mass is 164 g/mol. The Balaban J connectivity index is 1.94. The lowest BCUT2D eigenvalue weighted by Gasteiger charge is -2.11. The van der Waals surface area contributed by atoms with Crippen LogP contribution in [-0.4, -0.2) is 29.8 Å². The van der Waals surface area contributed by atoms with Gasteiger partial charge in [-0.25, -0.2) is 0 Å². The molecule has 1 aromatic rings. The molecule has 0 bridgehead atoms. The second kappa shape index (κ2) is 3.65. The largest absolute Gasteiger partial charge is 0.365 e. The highest BCUT2D eigenvalue weighted by molar-refractivity contribution is 5.03. The lowest BCUT2D eigenvalue weighted by Crippen LogP contribution is -2.19. The first-order valence-corrected chi connectivity index (χ1v) is 4.15. The van der Waals surface area contributed by atoms with Crippen LogP contribution in [0, 0.1) is 0 Å². The summed E-state index contributed by atoms with van der Waals surface area (Å²) in [5, 5.41) is 0. The predicted molar refractivity (Wildman–Crippen MR) is 45.5 cm³/mol. The Hall–Kier alpha value is -0.930. The Kier molecular flexibility index (Phi) is 2.34. The molecular weight excluding hydrogens is 152 g/mol. The average Bonchev–Trinajstić information content (AvgIpc) is 2.59. The van der Waals surface area contributed by atoms with Crippen LogP contribution >= 0.6 is 0 Å². The van der Waals surface area contributed by atoms with E-state index in [9.17, 15) is 0 Å². The van der Waals surface area contributed by atoms with Gasteiger partial charge in [0.1, 0.15) is 0 Å². The smallest absolute Gasteiger partial charge is 0.0995 e. The quantitative estimate of drug-likeness (QED) is 0.648. The summed E-state index contributed by atoms with van der Waals surface area (Å²) >= 11 is 0. The van der Waals surface area contributed by atoms with Crippen molar-refractivity contribution in [2.24, 2.45) is 0 Å². The number of hydrogen-bond acceptors (Lipinski definition) is 3. The molecule has 1 fully saturated rings. The third-order valence-corrected chi connectivity index (χ3v) is 1.94. The van der Waals surface area contributed by atoms with E-state index in [2.05, 4.69) is 9.88 Å². The normalized spacial score (nSPS) is 18.3. The van der Waals surface area contributed by atoms with Crippen molar-refractivity contribution in [1.29, 1.82) is 0 Å². The Bertz CT molecular complexity index is 232. The van der Waals surface area contributed by atoms with Crippen LogP contribution in [0.3, 0.4) is 0 Å². The summed E-state index contributed by atoms with van der Waals surface area (Å²) in [6.07, 6.45) is 1.83. The molecule has 0 unspecified atom stereocenters. The van der Waals surface area contributed by atoms with Gasteiger partial charge in [0, 0.05) is 19.3 Å². The van der Waals surface area contributed by atoms with Gasteiger partial charge in [-0.15, -0.1) is 0 Å². The van der Waals surface area contributed by atoms with Gasteiger partial charge < -0.3 is 4.74 Å². The van der Waals surface area contributed by atoms with Crippen LogP contribution in [-0.2, 0) is 11.3 Å². The highest BCUT2D eigenvalue weighted by atomic mass is 16.5. The van der Waals surface area contributed by atoms with Gasteiger partial charge in [0.15, 0.2) is 0 Å². The number of hydrogen-bond donors (Lipinski definition) is 0. The van der Waals surface area contributed by atoms with Gasteiger partial charge in [0.05, 0.1) is 19.0 Å². The fourth-order valence-corrected chi connectivity index (χ4v) is 1.30. The molecule has 0 spiro atoms. The summed E-state index contributed by atoms with van der Waals surface area (Å²) < 4.78 is 5.23. The van der Waals surface area contributed by atoms with Crippen molar-refractivity contribution in [2.75, 3.05) is 19.9 Å². The van der Waals surface area contributed by atoms with Crippen LogP contribution in [0.25, 0.3) is 0 Å². The molecule has 0 saturated carbocycles. The Labute approximate surface area is 72.0 Å². The van der Waals surface area contributed by atoms with Crippen LogP contribution in [0.4, 0.5) is 0 Å². The van der Waals surface area contributed by atoms with Crippen LogP contribution in [0.5, 0.6) is 0 Å². The minimum absolute atomic E-state index is 0.747. The van der Waals surface area contributed by atoms with Gasteiger partial charge >= 0.3 is 0 Å². The molecule has 0 radical (unpaired) electrons. The van der Waals surface area contributed by atoms with Gasteiger partial charge in [0.2, 0.25) is 0 Å². The van der Waals surface area contributed by atoms with E-state index in [1.807, 2.05) is 24.4 Å². The van der Waals surface area contributed by atoms with E-state index < -0.39 is 0 Å². The summed E-state index contributed by atoms with van der Waals surface area (Å²) in [7, 11) is 0. The highest BCUT2D eigenvalue weighted by Gasteiger charge is 2.11. The maximum atomic E-state index is 5.23. The van der Waals surface area contributed by atoms with Crippen molar-refractivity contribution in [3.8, 4) is 0 Å². The topological polar surface area (TPSA) is 25.4 Å². The molecule has 0 N–H and O–H groups in total.